The van der Waals surface area contributed by atoms with Crippen LogP contribution in [0.1, 0.15) is 71.6 Å². The molecule has 2 saturated carbocycles. The van der Waals surface area contributed by atoms with Crippen molar-refractivity contribution in [3.8, 4) is 0 Å². The molecule has 0 amide bonds. The van der Waals surface area contributed by atoms with Gasteiger partial charge in [-0.05, 0) is 42.9 Å². The zero-order valence-corrected chi connectivity index (χ0v) is 11.2. The van der Waals surface area contributed by atoms with Gasteiger partial charge < -0.3 is 5.73 Å². The van der Waals surface area contributed by atoms with E-state index in [-0.39, 0.29) is 0 Å². The van der Waals surface area contributed by atoms with Gasteiger partial charge in [-0.25, -0.2) is 0 Å². The van der Waals surface area contributed by atoms with Crippen molar-refractivity contribution in [2.24, 2.45) is 23.0 Å². The molecule has 0 aliphatic heterocycles. The molecule has 2 fully saturated rings. The van der Waals surface area contributed by atoms with Crippen molar-refractivity contribution < 1.29 is 0 Å². The Morgan fingerprint density at radius 2 is 1.75 bits per heavy atom. The topological polar surface area (TPSA) is 26.0 Å². The van der Waals surface area contributed by atoms with Crippen LogP contribution in [0.15, 0.2) is 0 Å². The number of hydrogen-bond acceptors (Lipinski definition) is 1. The first-order valence-corrected chi connectivity index (χ1v) is 7.37. The quantitative estimate of drug-likeness (QED) is 0.749. The molecule has 0 aromatic carbocycles. The Morgan fingerprint density at radius 3 is 2.38 bits per heavy atom. The summed E-state index contributed by atoms with van der Waals surface area (Å²) in [7, 11) is 0. The van der Waals surface area contributed by atoms with Crippen LogP contribution in [0.25, 0.3) is 0 Å². The highest BCUT2D eigenvalue weighted by atomic mass is 14.7. The molecule has 0 heterocycles. The molecule has 0 saturated heterocycles. The van der Waals surface area contributed by atoms with Crippen molar-refractivity contribution >= 4 is 0 Å². The molecule has 3 atom stereocenters. The summed E-state index contributed by atoms with van der Waals surface area (Å²) in [6.07, 6.45) is 12.6. The molecule has 2 rings (SSSR count). The first kappa shape index (κ1) is 12.4. The minimum absolute atomic E-state index is 0.458. The SMILES string of the molecule is CC1CCCC(C(N)C2(C)CCCCC2)C1. The van der Waals surface area contributed by atoms with E-state index in [1.54, 1.807) is 0 Å². The van der Waals surface area contributed by atoms with E-state index >= 15 is 0 Å². The Hall–Kier alpha value is -0.0400. The molecule has 0 aromatic rings. The fourth-order valence-electron chi connectivity index (χ4n) is 4.07. The summed E-state index contributed by atoms with van der Waals surface area (Å²) in [6.45, 7) is 4.86. The van der Waals surface area contributed by atoms with Crippen LogP contribution in [-0.2, 0) is 0 Å². The van der Waals surface area contributed by atoms with Crippen molar-refractivity contribution in [2.45, 2.75) is 77.7 Å². The lowest BCUT2D eigenvalue weighted by molar-refractivity contribution is 0.0999. The van der Waals surface area contributed by atoms with E-state index in [1.807, 2.05) is 0 Å². The molecule has 0 radical (unpaired) electrons. The van der Waals surface area contributed by atoms with Gasteiger partial charge in [0.15, 0.2) is 0 Å². The van der Waals surface area contributed by atoms with Crippen LogP contribution in [0.4, 0.5) is 0 Å². The van der Waals surface area contributed by atoms with Crippen LogP contribution in [0.3, 0.4) is 0 Å². The van der Waals surface area contributed by atoms with Gasteiger partial charge >= 0.3 is 0 Å². The number of hydrogen-bond donors (Lipinski definition) is 1. The number of rotatable bonds is 2. The standard InChI is InChI=1S/C15H29N/c1-12-7-6-8-13(11-12)14(16)15(2)9-4-3-5-10-15/h12-14H,3-11,16H2,1-2H3. The lowest BCUT2D eigenvalue weighted by Gasteiger charge is -2.44. The summed E-state index contributed by atoms with van der Waals surface area (Å²) in [5.74, 6) is 1.73. The van der Waals surface area contributed by atoms with Crippen LogP contribution >= 0.6 is 0 Å². The zero-order valence-electron chi connectivity index (χ0n) is 11.2. The Labute approximate surface area is 101 Å². The van der Waals surface area contributed by atoms with Gasteiger partial charge in [-0.2, -0.15) is 0 Å². The fourth-order valence-corrected chi connectivity index (χ4v) is 4.07. The van der Waals surface area contributed by atoms with Gasteiger partial charge in [0.2, 0.25) is 0 Å². The maximum Gasteiger partial charge on any atom is 0.0121 e. The van der Waals surface area contributed by atoms with E-state index in [1.165, 1.54) is 57.8 Å². The molecular weight excluding hydrogens is 194 g/mol. The average molecular weight is 223 g/mol. The van der Waals surface area contributed by atoms with Gasteiger partial charge in [0.05, 0.1) is 0 Å². The third-order valence-electron chi connectivity index (χ3n) is 5.29. The Morgan fingerprint density at radius 1 is 1.06 bits per heavy atom. The highest BCUT2D eigenvalue weighted by Gasteiger charge is 2.38. The van der Waals surface area contributed by atoms with Gasteiger partial charge in [0, 0.05) is 6.04 Å². The van der Waals surface area contributed by atoms with Gasteiger partial charge in [0.1, 0.15) is 0 Å². The predicted molar refractivity (Wildman–Crippen MR) is 70.3 cm³/mol. The Balaban J connectivity index is 1.96. The Kier molecular flexibility index (Phi) is 3.94. The lowest BCUT2D eigenvalue weighted by atomic mass is 9.64. The minimum Gasteiger partial charge on any atom is -0.327 e. The van der Waals surface area contributed by atoms with E-state index < -0.39 is 0 Å². The van der Waals surface area contributed by atoms with E-state index in [0.717, 1.165) is 11.8 Å². The molecule has 16 heavy (non-hydrogen) atoms. The summed E-state index contributed by atoms with van der Waals surface area (Å²) in [4.78, 5) is 0. The molecular formula is C15H29N. The third kappa shape index (κ3) is 2.61. The second kappa shape index (κ2) is 5.08. The maximum absolute atomic E-state index is 6.62. The van der Waals surface area contributed by atoms with E-state index in [9.17, 15) is 0 Å². The Bertz CT molecular complexity index is 217. The first-order chi connectivity index (χ1) is 7.62. The smallest absolute Gasteiger partial charge is 0.0121 e. The summed E-state index contributed by atoms with van der Waals surface area (Å²) in [5, 5.41) is 0. The lowest BCUT2D eigenvalue weighted by Crippen LogP contribution is -2.47. The highest BCUT2D eigenvalue weighted by Crippen LogP contribution is 2.44. The maximum atomic E-state index is 6.62. The summed E-state index contributed by atoms with van der Waals surface area (Å²) >= 11 is 0. The highest BCUT2D eigenvalue weighted by molar-refractivity contribution is 4.93. The number of nitrogens with two attached hydrogens (primary N) is 1. The normalized spacial score (nSPS) is 36.9. The molecule has 0 spiro atoms. The van der Waals surface area contributed by atoms with Crippen molar-refractivity contribution in [1.29, 1.82) is 0 Å². The van der Waals surface area contributed by atoms with Crippen molar-refractivity contribution in [3.05, 3.63) is 0 Å². The first-order valence-electron chi connectivity index (χ1n) is 7.37. The van der Waals surface area contributed by atoms with Gasteiger partial charge in [-0.3, -0.25) is 0 Å². The fraction of sp³-hybridized carbons (Fsp3) is 1.00. The van der Waals surface area contributed by atoms with Crippen LogP contribution in [0, 0.1) is 17.3 Å². The second-order valence-corrected chi connectivity index (χ2v) is 6.77. The molecule has 2 aliphatic carbocycles. The van der Waals surface area contributed by atoms with Gasteiger partial charge in [-0.15, -0.1) is 0 Å². The summed E-state index contributed by atoms with van der Waals surface area (Å²) in [5.41, 5.74) is 7.08. The molecule has 1 heteroatoms. The molecule has 2 N–H and O–H groups in total. The minimum atomic E-state index is 0.458. The zero-order chi connectivity index (χ0) is 11.6. The molecule has 2 aliphatic rings. The monoisotopic (exact) mass is 223 g/mol. The summed E-state index contributed by atoms with van der Waals surface area (Å²) in [6, 6.07) is 0.468. The average Bonchev–Trinajstić information content (AvgIpc) is 2.29. The van der Waals surface area contributed by atoms with Crippen LogP contribution < -0.4 is 5.73 Å². The molecule has 3 unspecified atom stereocenters. The summed E-state index contributed by atoms with van der Waals surface area (Å²) < 4.78 is 0. The van der Waals surface area contributed by atoms with Crippen molar-refractivity contribution in [3.63, 3.8) is 0 Å². The van der Waals surface area contributed by atoms with Gasteiger partial charge in [-0.1, -0.05) is 46.0 Å². The van der Waals surface area contributed by atoms with E-state index in [0.29, 0.717) is 11.5 Å². The van der Waals surface area contributed by atoms with Crippen LogP contribution in [0.5, 0.6) is 0 Å². The molecule has 94 valence electrons. The van der Waals surface area contributed by atoms with Crippen molar-refractivity contribution in [2.75, 3.05) is 0 Å². The van der Waals surface area contributed by atoms with E-state index in [4.69, 9.17) is 5.73 Å². The van der Waals surface area contributed by atoms with Crippen LogP contribution in [0.2, 0.25) is 0 Å². The van der Waals surface area contributed by atoms with Crippen molar-refractivity contribution in [1.82, 2.24) is 0 Å². The predicted octanol–water partition coefficient (Wildman–Crippen LogP) is 4.11. The van der Waals surface area contributed by atoms with E-state index in [2.05, 4.69) is 13.8 Å². The molecule has 0 aromatic heterocycles. The molecule has 0 bridgehead atoms. The van der Waals surface area contributed by atoms with Gasteiger partial charge in [0.25, 0.3) is 0 Å². The largest absolute Gasteiger partial charge is 0.327 e. The molecule has 1 nitrogen and oxygen atoms in total. The second-order valence-electron chi connectivity index (χ2n) is 6.77. The van der Waals surface area contributed by atoms with Crippen LogP contribution in [-0.4, -0.2) is 6.04 Å². The third-order valence-corrected chi connectivity index (χ3v) is 5.29.